The number of ether oxygens (including phenoxy) is 1. The molecule has 0 spiro atoms. The Morgan fingerprint density at radius 2 is 1.71 bits per heavy atom. The van der Waals surface area contributed by atoms with E-state index in [4.69, 9.17) is 4.74 Å². The maximum absolute atomic E-state index is 13.8. The molecule has 38 heavy (non-hydrogen) atoms. The van der Waals surface area contributed by atoms with Crippen molar-refractivity contribution in [3.8, 4) is 5.75 Å². The molecule has 2 saturated heterocycles. The van der Waals surface area contributed by atoms with Crippen LogP contribution in [0.25, 0.3) is 0 Å². The molecule has 3 heterocycles. The van der Waals surface area contributed by atoms with Crippen molar-refractivity contribution in [1.29, 1.82) is 0 Å². The fraction of sp³-hybridized carbons (Fsp3) is 0.296. The number of carbonyl (C=O) groups excluding carboxylic acids is 2. The van der Waals surface area contributed by atoms with E-state index in [1.54, 1.807) is 53.6 Å². The third-order valence-corrected chi connectivity index (χ3v) is 8.63. The number of nitrogens with zero attached hydrogens (tertiary/aromatic N) is 5. The molecule has 0 bridgehead atoms. The molecule has 1 aromatic heterocycles. The number of methoxy groups -OCH3 is 1. The minimum Gasteiger partial charge on any atom is -0.497 e. The molecule has 0 saturated carbocycles. The molecule has 3 aromatic rings. The minimum absolute atomic E-state index is 0.0781. The molecular weight excluding hydrogens is 506 g/mol. The number of benzene rings is 2. The zero-order valence-corrected chi connectivity index (χ0v) is 22.0. The second kappa shape index (κ2) is 10.3. The highest BCUT2D eigenvalue weighted by Crippen LogP contribution is 2.31. The van der Waals surface area contributed by atoms with Gasteiger partial charge < -0.3 is 14.5 Å². The van der Waals surface area contributed by atoms with Crippen molar-refractivity contribution in [2.75, 3.05) is 49.6 Å². The number of rotatable bonds is 6. The van der Waals surface area contributed by atoms with E-state index in [0.29, 0.717) is 37.6 Å². The molecule has 198 valence electrons. The van der Waals surface area contributed by atoms with Crippen LogP contribution in [0.2, 0.25) is 0 Å². The monoisotopic (exact) mass is 535 g/mol. The lowest BCUT2D eigenvalue weighted by Crippen LogP contribution is -2.55. The van der Waals surface area contributed by atoms with E-state index in [1.165, 1.54) is 24.1 Å². The summed E-state index contributed by atoms with van der Waals surface area (Å²) in [5.74, 6) is 0.950. The van der Waals surface area contributed by atoms with Gasteiger partial charge in [0, 0.05) is 44.1 Å². The average Bonchev–Trinajstić information content (AvgIpc) is 3.31. The van der Waals surface area contributed by atoms with Gasteiger partial charge in [-0.05, 0) is 42.8 Å². The van der Waals surface area contributed by atoms with Crippen LogP contribution in [0.5, 0.6) is 5.75 Å². The summed E-state index contributed by atoms with van der Waals surface area (Å²) >= 11 is 0. The second-order valence-corrected chi connectivity index (χ2v) is 11.0. The van der Waals surface area contributed by atoms with Gasteiger partial charge in [0.05, 0.1) is 18.6 Å². The fourth-order valence-corrected chi connectivity index (χ4v) is 6.29. The second-order valence-electron chi connectivity index (χ2n) is 9.18. The van der Waals surface area contributed by atoms with E-state index < -0.39 is 22.1 Å². The Morgan fingerprint density at radius 1 is 0.974 bits per heavy atom. The van der Waals surface area contributed by atoms with Crippen molar-refractivity contribution in [3.05, 3.63) is 78.5 Å². The molecule has 2 fully saturated rings. The summed E-state index contributed by atoms with van der Waals surface area (Å²) in [7, 11) is -2.80. The number of urea groups is 1. The maximum atomic E-state index is 13.8. The van der Waals surface area contributed by atoms with Gasteiger partial charge >= 0.3 is 6.03 Å². The van der Waals surface area contributed by atoms with Crippen LogP contribution >= 0.6 is 0 Å². The number of piperazine rings is 1. The summed E-state index contributed by atoms with van der Waals surface area (Å²) in [6, 6.07) is 16.8. The summed E-state index contributed by atoms with van der Waals surface area (Å²) < 4.78 is 33.1. The van der Waals surface area contributed by atoms with Gasteiger partial charge in [0.2, 0.25) is 5.91 Å². The first kappa shape index (κ1) is 25.5. The van der Waals surface area contributed by atoms with Crippen LogP contribution in [0, 0.1) is 6.92 Å². The van der Waals surface area contributed by atoms with Crippen molar-refractivity contribution in [2.45, 2.75) is 17.9 Å². The van der Waals surface area contributed by atoms with Crippen molar-refractivity contribution in [3.63, 3.8) is 0 Å². The third kappa shape index (κ3) is 4.65. The highest BCUT2D eigenvalue weighted by Gasteiger charge is 2.49. The van der Waals surface area contributed by atoms with Gasteiger partial charge in [-0.15, -0.1) is 0 Å². The number of hydrogen-bond donors (Lipinski definition) is 0. The van der Waals surface area contributed by atoms with E-state index in [9.17, 15) is 18.0 Å². The van der Waals surface area contributed by atoms with Gasteiger partial charge in [-0.1, -0.05) is 30.3 Å². The number of amides is 3. The predicted molar refractivity (Wildman–Crippen MR) is 143 cm³/mol. The SMILES string of the molecule is COc1cccc(S(=O)(=O)N2C[C@@H](C(=O)N3CCN(c4ncccc4C)CC3)N(c3ccccc3)C2=O)c1. The molecule has 2 aliphatic heterocycles. The van der Waals surface area contributed by atoms with E-state index in [0.717, 1.165) is 15.7 Å². The van der Waals surface area contributed by atoms with Crippen LogP contribution in [0.4, 0.5) is 16.3 Å². The van der Waals surface area contributed by atoms with Crippen molar-refractivity contribution in [2.24, 2.45) is 0 Å². The van der Waals surface area contributed by atoms with Crippen molar-refractivity contribution >= 4 is 33.5 Å². The molecule has 3 amide bonds. The number of pyridine rings is 1. The van der Waals surface area contributed by atoms with Crippen molar-refractivity contribution in [1.82, 2.24) is 14.2 Å². The molecule has 5 rings (SSSR count). The molecule has 10 nitrogen and oxygen atoms in total. The van der Waals surface area contributed by atoms with Gasteiger partial charge in [-0.2, -0.15) is 0 Å². The first-order chi connectivity index (χ1) is 18.3. The molecule has 0 N–H and O–H groups in total. The molecule has 0 radical (unpaired) electrons. The topological polar surface area (TPSA) is 103 Å². The average molecular weight is 536 g/mol. The Morgan fingerprint density at radius 3 is 2.39 bits per heavy atom. The van der Waals surface area contributed by atoms with E-state index in [2.05, 4.69) is 9.88 Å². The summed E-state index contributed by atoms with van der Waals surface area (Å²) in [5.41, 5.74) is 1.52. The van der Waals surface area contributed by atoms with E-state index >= 15 is 0 Å². The maximum Gasteiger partial charge on any atom is 0.339 e. The lowest BCUT2D eigenvalue weighted by molar-refractivity contribution is -0.132. The molecule has 2 aliphatic rings. The van der Waals surface area contributed by atoms with Crippen LogP contribution in [0.15, 0.2) is 77.8 Å². The molecule has 0 aliphatic carbocycles. The summed E-state index contributed by atoms with van der Waals surface area (Å²) in [6.45, 7) is 3.75. The Labute approximate surface area is 222 Å². The Bertz CT molecular complexity index is 1440. The standard InChI is InChI=1S/C27H29N5O5S/c1-20-8-7-13-28-25(20)29-14-16-30(17-15-29)26(33)24-19-31(27(34)32(24)21-9-4-3-5-10-21)38(35,36)23-12-6-11-22(18-23)37-2/h3-13,18,24H,14-17,19H2,1-2H3/t24-/m0/s1. The molecular formula is C27H29N5O5S. The third-order valence-electron chi connectivity index (χ3n) is 6.89. The largest absolute Gasteiger partial charge is 0.497 e. The Balaban J connectivity index is 1.41. The fourth-order valence-electron chi connectivity index (χ4n) is 4.89. The summed E-state index contributed by atoms with van der Waals surface area (Å²) in [5, 5.41) is 0. The quantitative estimate of drug-likeness (QED) is 0.478. The van der Waals surface area contributed by atoms with Gasteiger partial charge in [0.25, 0.3) is 10.0 Å². The van der Waals surface area contributed by atoms with Gasteiger partial charge in [0.1, 0.15) is 17.6 Å². The van der Waals surface area contributed by atoms with Crippen LogP contribution in [-0.4, -0.2) is 80.4 Å². The molecule has 0 unspecified atom stereocenters. The normalized spacial score (nSPS) is 18.2. The van der Waals surface area contributed by atoms with Crippen LogP contribution in [-0.2, 0) is 14.8 Å². The first-order valence-corrected chi connectivity index (χ1v) is 13.8. The van der Waals surface area contributed by atoms with Gasteiger partial charge in [0.15, 0.2) is 0 Å². The Hall–Kier alpha value is -4.12. The number of sulfonamides is 1. The highest BCUT2D eigenvalue weighted by atomic mass is 32.2. The molecule has 1 atom stereocenters. The zero-order valence-electron chi connectivity index (χ0n) is 21.2. The van der Waals surface area contributed by atoms with Crippen LogP contribution < -0.4 is 14.5 Å². The summed E-state index contributed by atoms with van der Waals surface area (Å²) in [6.07, 6.45) is 1.75. The number of carbonyl (C=O) groups is 2. The zero-order chi connectivity index (χ0) is 26.9. The number of aromatic nitrogens is 1. The lowest BCUT2D eigenvalue weighted by atomic mass is 10.1. The number of hydrogen-bond acceptors (Lipinski definition) is 7. The predicted octanol–water partition coefficient (Wildman–Crippen LogP) is 2.75. The van der Waals surface area contributed by atoms with Crippen LogP contribution in [0.3, 0.4) is 0 Å². The van der Waals surface area contributed by atoms with E-state index in [1.807, 2.05) is 19.1 Å². The lowest BCUT2D eigenvalue weighted by Gasteiger charge is -2.37. The van der Waals surface area contributed by atoms with Gasteiger partial charge in [-0.25, -0.2) is 22.5 Å². The summed E-state index contributed by atoms with van der Waals surface area (Å²) in [4.78, 5) is 36.9. The number of aryl methyl sites for hydroxylation is 1. The van der Waals surface area contributed by atoms with Crippen molar-refractivity contribution < 1.29 is 22.7 Å². The first-order valence-electron chi connectivity index (χ1n) is 12.3. The smallest absolute Gasteiger partial charge is 0.339 e. The Kier molecular flexibility index (Phi) is 6.94. The number of para-hydroxylation sites is 1. The van der Waals surface area contributed by atoms with Crippen LogP contribution in [0.1, 0.15) is 5.56 Å². The minimum atomic E-state index is -4.23. The van der Waals surface area contributed by atoms with E-state index in [-0.39, 0.29) is 17.3 Å². The molecule has 11 heteroatoms. The number of anilines is 2. The molecule has 2 aromatic carbocycles. The van der Waals surface area contributed by atoms with Gasteiger partial charge in [-0.3, -0.25) is 9.69 Å². The highest BCUT2D eigenvalue weighted by molar-refractivity contribution is 7.89.